The van der Waals surface area contributed by atoms with E-state index in [-0.39, 0.29) is 16.9 Å². The zero-order valence-electron chi connectivity index (χ0n) is 12.3. The molecule has 0 fully saturated rings. The third kappa shape index (κ3) is 3.52. The predicted octanol–water partition coefficient (Wildman–Crippen LogP) is 2.87. The van der Waals surface area contributed by atoms with Crippen LogP contribution in [0.15, 0.2) is 23.0 Å². The number of hydrogen-bond donors (Lipinski definition) is 2. The van der Waals surface area contributed by atoms with Crippen molar-refractivity contribution < 1.29 is 4.74 Å². The molecule has 2 N–H and O–H groups in total. The van der Waals surface area contributed by atoms with Gasteiger partial charge in [-0.25, -0.2) is 0 Å². The molecule has 1 heterocycles. The molecule has 21 heavy (non-hydrogen) atoms. The highest BCUT2D eigenvalue weighted by Crippen LogP contribution is 2.28. The van der Waals surface area contributed by atoms with Crippen LogP contribution in [-0.2, 0) is 5.41 Å². The molecule has 0 spiro atoms. The Labute approximate surface area is 127 Å². The quantitative estimate of drug-likeness (QED) is 0.911. The van der Waals surface area contributed by atoms with Gasteiger partial charge in [0.05, 0.1) is 12.1 Å². The first-order chi connectivity index (χ1) is 9.81. The average Bonchev–Trinajstić information content (AvgIpc) is 2.37. The molecule has 0 aliphatic carbocycles. The molecule has 0 saturated heterocycles. The maximum Gasteiger partial charge on any atom is 0.274 e. The van der Waals surface area contributed by atoms with Crippen molar-refractivity contribution in [3.8, 4) is 5.75 Å². The lowest BCUT2D eigenvalue weighted by Crippen LogP contribution is -2.28. The smallest absolute Gasteiger partial charge is 0.274 e. The SMILES string of the molecule is COc1ccc(Nc2nnc(C(C)(C)C)c(=O)[nH]2)cc1Cl. The van der Waals surface area contributed by atoms with Crippen LogP contribution in [0, 0.1) is 0 Å². The minimum Gasteiger partial charge on any atom is -0.495 e. The van der Waals surface area contributed by atoms with Crippen LogP contribution in [0.4, 0.5) is 11.6 Å². The van der Waals surface area contributed by atoms with Gasteiger partial charge < -0.3 is 10.1 Å². The number of hydrogen-bond acceptors (Lipinski definition) is 5. The Balaban J connectivity index is 2.27. The van der Waals surface area contributed by atoms with Gasteiger partial charge in [-0.05, 0) is 18.2 Å². The molecule has 2 rings (SSSR count). The van der Waals surface area contributed by atoms with Crippen LogP contribution in [0.25, 0.3) is 0 Å². The summed E-state index contributed by atoms with van der Waals surface area (Å²) < 4.78 is 5.08. The van der Waals surface area contributed by atoms with Crippen molar-refractivity contribution in [2.45, 2.75) is 26.2 Å². The second-order valence-corrected chi connectivity index (χ2v) is 5.98. The molecule has 0 aliphatic rings. The lowest BCUT2D eigenvalue weighted by Gasteiger charge is -2.15. The largest absolute Gasteiger partial charge is 0.495 e. The molecule has 1 aromatic heterocycles. The first kappa shape index (κ1) is 15.3. The van der Waals surface area contributed by atoms with E-state index >= 15 is 0 Å². The predicted molar refractivity (Wildman–Crippen MR) is 82.6 cm³/mol. The second-order valence-electron chi connectivity index (χ2n) is 5.58. The van der Waals surface area contributed by atoms with E-state index in [0.717, 1.165) is 0 Å². The summed E-state index contributed by atoms with van der Waals surface area (Å²) in [6, 6.07) is 5.17. The number of rotatable bonds is 3. The van der Waals surface area contributed by atoms with Gasteiger partial charge in [0, 0.05) is 11.1 Å². The van der Waals surface area contributed by atoms with Crippen LogP contribution in [0.1, 0.15) is 26.5 Å². The first-order valence-corrected chi connectivity index (χ1v) is 6.77. The first-order valence-electron chi connectivity index (χ1n) is 6.39. The Morgan fingerprint density at radius 1 is 1.29 bits per heavy atom. The zero-order chi connectivity index (χ0) is 15.6. The van der Waals surface area contributed by atoms with Gasteiger partial charge in [0.15, 0.2) is 0 Å². The number of nitrogens with one attached hydrogen (secondary N) is 2. The lowest BCUT2D eigenvalue weighted by atomic mass is 9.93. The van der Waals surface area contributed by atoms with E-state index in [1.54, 1.807) is 25.3 Å². The van der Waals surface area contributed by atoms with Crippen LogP contribution in [0.3, 0.4) is 0 Å². The summed E-state index contributed by atoms with van der Waals surface area (Å²) in [7, 11) is 1.54. The second kappa shape index (κ2) is 5.73. The molecule has 6 nitrogen and oxygen atoms in total. The van der Waals surface area contributed by atoms with Gasteiger partial charge >= 0.3 is 0 Å². The van der Waals surface area contributed by atoms with E-state index in [1.807, 2.05) is 20.8 Å². The molecule has 1 aromatic carbocycles. The highest BCUT2D eigenvalue weighted by Gasteiger charge is 2.20. The third-order valence-corrected chi connectivity index (χ3v) is 3.12. The van der Waals surface area contributed by atoms with Crippen LogP contribution >= 0.6 is 11.6 Å². The van der Waals surface area contributed by atoms with Crippen molar-refractivity contribution in [1.29, 1.82) is 0 Å². The molecule has 0 saturated carbocycles. The molecule has 0 atom stereocenters. The number of aromatic nitrogens is 3. The minimum absolute atomic E-state index is 0.259. The highest BCUT2D eigenvalue weighted by atomic mass is 35.5. The number of H-pyrrole nitrogens is 1. The van der Waals surface area contributed by atoms with Crippen LogP contribution in [0.5, 0.6) is 5.75 Å². The zero-order valence-corrected chi connectivity index (χ0v) is 13.1. The van der Waals surface area contributed by atoms with E-state index in [0.29, 0.717) is 22.2 Å². The van der Waals surface area contributed by atoms with Crippen LogP contribution in [0.2, 0.25) is 5.02 Å². The lowest BCUT2D eigenvalue weighted by molar-refractivity contribution is 0.415. The summed E-state index contributed by atoms with van der Waals surface area (Å²) in [6.07, 6.45) is 0. The van der Waals surface area contributed by atoms with Gasteiger partial charge in [-0.2, -0.15) is 0 Å². The van der Waals surface area contributed by atoms with Crippen molar-refractivity contribution in [3.05, 3.63) is 39.3 Å². The fourth-order valence-electron chi connectivity index (χ4n) is 1.76. The van der Waals surface area contributed by atoms with Crippen molar-refractivity contribution >= 4 is 23.2 Å². The molecule has 7 heteroatoms. The Hall–Kier alpha value is -2.08. The fraction of sp³-hybridized carbons (Fsp3) is 0.357. The fourth-order valence-corrected chi connectivity index (χ4v) is 2.02. The number of anilines is 2. The molecular weight excluding hydrogens is 292 g/mol. The number of aromatic amines is 1. The highest BCUT2D eigenvalue weighted by molar-refractivity contribution is 6.32. The molecule has 2 aromatic rings. The number of benzene rings is 1. The average molecular weight is 309 g/mol. The van der Waals surface area contributed by atoms with Crippen LogP contribution < -0.4 is 15.6 Å². The Bertz CT molecular complexity index is 707. The summed E-state index contributed by atoms with van der Waals surface area (Å²) in [5.74, 6) is 0.833. The van der Waals surface area contributed by atoms with Crippen LogP contribution in [-0.4, -0.2) is 22.3 Å². The standard InChI is InChI=1S/C14H17ClN4O2/c1-14(2,3)11-12(20)17-13(19-18-11)16-8-5-6-10(21-4)9(15)7-8/h5-7H,1-4H3,(H2,16,17,19,20). The third-order valence-electron chi connectivity index (χ3n) is 2.82. The number of ether oxygens (including phenoxy) is 1. The number of halogens is 1. The van der Waals surface area contributed by atoms with E-state index in [1.165, 1.54) is 0 Å². The monoisotopic (exact) mass is 308 g/mol. The topological polar surface area (TPSA) is 79.9 Å². The maximum absolute atomic E-state index is 12.0. The Morgan fingerprint density at radius 3 is 2.52 bits per heavy atom. The summed E-state index contributed by atoms with van der Waals surface area (Å²) in [6.45, 7) is 5.72. The van der Waals surface area contributed by atoms with Crippen molar-refractivity contribution in [2.24, 2.45) is 0 Å². The van der Waals surface area contributed by atoms with Crippen molar-refractivity contribution in [1.82, 2.24) is 15.2 Å². The maximum atomic E-state index is 12.0. The molecule has 0 amide bonds. The minimum atomic E-state index is -0.359. The number of nitrogens with zero attached hydrogens (tertiary/aromatic N) is 2. The van der Waals surface area contributed by atoms with E-state index in [4.69, 9.17) is 16.3 Å². The number of methoxy groups -OCH3 is 1. The summed E-state index contributed by atoms with van der Waals surface area (Å²) >= 11 is 6.04. The summed E-state index contributed by atoms with van der Waals surface area (Å²) in [5, 5.41) is 11.4. The Morgan fingerprint density at radius 2 is 2.00 bits per heavy atom. The molecule has 0 bridgehead atoms. The molecule has 0 unspecified atom stereocenters. The van der Waals surface area contributed by atoms with Gasteiger partial charge in [0.25, 0.3) is 5.56 Å². The van der Waals surface area contributed by atoms with E-state index in [9.17, 15) is 4.79 Å². The molecule has 112 valence electrons. The molecular formula is C14H17ClN4O2. The van der Waals surface area contributed by atoms with Gasteiger partial charge in [-0.15, -0.1) is 10.2 Å². The van der Waals surface area contributed by atoms with E-state index in [2.05, 4.69) is 20.5 Å². The van der Waals surface area contributed by atoms with Crippen molar-refractivity contribution in [2.75, 3.05) is 12.4 Å². The van der Waals surface area contributed by atoms with Gasteiger partial charge in [-0.3, -0.25) is 9.78 Å². The molecule has 0 radical (unpaired) electrons. The summed E-state index contributed by atoms with van der Waals surface area (Å²) in [4.78, 5) is 14.7. The Kier molecular flexibility index (Phi) is 4.18. The molecule has 0 aliphatic heterocycles. The van der Waals surface area contributed by atoms with Gasteiger partial charge in [-0.1, -0.05) is 32.4 Å². The summed E-state index contributed by atoms with van der Waals surface area (Å²) in [5.41, 5.74) is 0.442. The normalized spacial score (nSPS) is 11.3. The van der Waals surface area contributed by atoms with E-state index < -0.39 is 0 Å². The van der Waals surface area contributed by atoms with Crippen molar-refractivity contribution in [3.63, 3.8) is 0 Å². The van der Waals surface area contributed by atoms with Gasteiger partial charge in [0.2, 0.25) is 5.95 Å². The van der Waals surface area contributed by atoms with Gasteiger partial charge in [0.1, 0.15) is 11.4 Å².